The summed E-state index contributed by atoms with van der Waals surface area (Å²) in [6.07, 6.45) is 9.99. The van der Waals surface area contributed by atoms with E-state index in [1.165, 1.54) is 24.8 Å². The maximum atomic E-state index is 12.5. The van der Waals surface area contributed by atoms with Crippen LogP contribution < -0.4 is 15.5 Å². The van der Waals surface area contributed by atoms with Crippen molar-refractivity contribution in [2.24, 2.45) is 7.05 Å². The number of anilines is 1. The van der Waals surface area contributed by atoms with E-state index in [4.69, 9.17) is 0 Å². The van der Waals surface area contributed by atoms with Gasteiger partial charge in [0.05, 0.1) is 30.8 Å². The Kier molecular flexibility index (Phi) is 5.33. The second kappa shape index (κ2) is 8.04. The fourth-order valence-corrected chi connectivity index (χ4v) is 3.69. The van der Waals surface area contributed by atoms with Gasteiger partial charge >= 0.3 is 0 Å². The normalized spacial score (nSPS) is 18.0. The first-order valence-electron chi connectivity index (χ1n) is 9.79. The molecule has 1 aliphatic carbocycles. The first kappa shape index (κ1) is 17.9. The molecule has 0 radical (unpaired) electrons. The number of hydrogen-bond donors (Lipinski definition) is 2. The molecule has 2 aromatic rings. The van der Waals surface area contributed by atoms with E-state index in [2.05, 4.69) is 30.6 Å². The van der Waals surface area contributed by atoms with Crippen molar-refractivity contribution in [3.8, 4) is 0 Å². The van der Waals surface area contributed by atoms with Gasteiger partial charge in [-0.2, -0.15) is 5.10 Å². The third-order valence-corrected chi connectivity index (χ3v) is 5.59. The fourth-order valence-electron chi connectivity index (χ4n) is 3.69. The highest BCUT2D eigenvalue weighted by atomic mass is 16.1. The van der Waals surface area contributed by atoms with E-state index in [1.54, 1.807) is 12.4 Å². The van der Waals surface area contributed by atoms with Gasteiger partial charge in [-0.1, -0.05) is 6.42 Å². The van der Waals surface area contributed by atoms with Gasteiger partial charge in [0.15, 0.2) is 0 Å². The van der Waals surface area contributed by atoms with Crippen LogP contribution in [0.3, 0.4) is 0 Å². The lowest BCUT2D eigenvalue weighted by molar-refractivity contribution is 0.0944. The number of hydrogen-bond acceptors (Lipinski definition) is 6. The van der Waals surface area contributed by atoms with Gasteiger partial charge in [-0.05, 0) is 37.3 Å². The second-order valence-electron chi connectivity index (χ2n) is 7.33. The first-order chi connectivity index (χ1) is 13.2. The highest BCUT2D eigenvalue weighted by Gasteiger charge is 2.24. The molecule has 0 atom stereocenters. The van der Waals surface area contributed by atoms with Crippen LogP contribution in [0.2, 0.25) is 0 Å². The molecule has 1 saturated carbocycles. The molecule has 0 bridgehead atoms. The molecule has 2 aromatic heterocycles. The molecule has 1 amide bonds. The molecule has 2 fully saturated rings. The lowest BCUT2D eigenvalue weighted by atomic mass is 9.80. The van der Waals surface area contributed by atoms with Crippen molar-refractivity contribution in [1.29, 1.82) is 0 Å². The zero-order chi connectivity index (χ0) is 18.6. The average molecular weight is 369 g/mol. The minimum atomic E-state index is -0.202. The molecule has 1 saturated heterocycles. The second-order valence-corrected chi connectivity index (χ2v) is 7.33. The standard InChI is InChI=1S/C19H27N7O/c1-25-17(15(10-24-25)14-4-2-5-14)12-23-19(27)16-11-22-18(13-21-16)26-8-3-6-20-7-9-26/h10-11,13-14,20H,2-9,12H2,1H3,(H,23,27). The molecule has 8 nitrogen and oxygen atoms in total. The Labute approximate surface area is 159 Å². The van der Waals surface area contributed by atoms with E-state index in [9.17, 15) is 4.79 Å². The maximum Gasteiger partial charge on any atom is 0.271 e. The van der Waals surface area contributed by atoms with Crippen LogP contribution in [0.25, 0.3) is 0 Å². The average Bonchev–Trinajstić information content (AvgIpc) is 2.86. The number of amides is 1. The zero-order valence-electron chi connectivity index (χ0n) is 15.8. The minimum absolute atomic E-state index is 0.202. The van der Waals surface area contributed by atoms with Gasteiger partial charge in [-0.15, -0.1) is 0 Å². The Morgan fingerprint density at radius 2 is 2.07 bits per heavy atom. The molecule has 4 rings (SSSR count). The van der Waals surface area contributed by atoms with Crippen molar-refractivity contribution in [3.05, 3.63) is 35.5 Å². The first-order valence-corrected chi connectivity index (χ1v) is 9.79. The number of carbonyl (C=O) groups excluding carboxylic acids is 1. The molecule has 0 spiro atoms. The monoisotopic (exact) mass is 369 g/mol. The highest BCUT2D eigenvalue weighted by molar-refractivity contribution is 5.91. The summed E-state index contributed by atoms with van der Waals surface area (Å²) in [5, 5.41) is 10.7. The molecule has 2 N–H and O–H groups in total. The van der Waals surface area contributed by atoms with Gasteiger partial charge in [0.2, 0.25) is 0 Å². The third kappa shape index (κ3) is 3.95. The maximum absolute atomic E-state index is 12.5. The van der Waals surface area contributed by atoms with Gasteiger partial charge in [0.1, 0.15) is 11.5 Å². The summed E-state index contributed by atoms with van der Waals surface area (Å²) in [7, 11) is 1.92. The quantitative estimate of drug-likeness (QED) is 0.824. The van der Waals surface area contributed by atoms with Crippen molar-refractivity contribution >= 4 is 11.7 Å². The van der Waals surface area contributed by atoms with E-state index < -0.39 is 0 Å². The Morgan fingerprint density at radius 1 is 1.19 bits per heavy atom. The summed E-state index contributed by atoms with van der Waals surface area (Å²) in [6.45, 7) is 4.30. The number of nitrogens with one attached hydrogen (secondary N) is 2. The third-order valence-electron chi connectivity index (χ3n) is 5.59. The summed E-state index contributed by atoms with van der Waals surface area (Å²) >= 11 is 0. The number of rotatable bonds is 5. The summed E-state index contributed by atoms with van der Waals surface area (Å²) < 4.78 is 1.86. The Morgan fingerprint density at radius 3 is 2.81 bits per heavy atom. The summed E-state index contributed by atoms with van der Waals surface area (Å²) in [5.74, 6) is 1.22. The molecule has 144 valence electrons. The van der Waals surface area contributed by atoms with E-state index in [0.717, 1.165) is 44.1 Å². The molecule has 0 aromatic carbocycles. The number of aromatic nitrogens is 4. The van der Waals surface area contributed by atoms with Crippen LogP contribution in [-0.2, 0) is 13.6 Å². The van der Waals surface area contributed by atoms with Crippen molar-refractivity contribution in [1.82, 2.24) is 30.4 Å². The Bertz CT molecular complexity index is 774. The van der Waals surface area contributed by atoms with E-state index in [-0.39, 0.29) is 5.91 Å². The van der Waals surface area contributed by atoms with Crippen LogP contribution in [-0.4, -0.2) is 51.8 Å². The van der Waals surface area contributed by atoms with Crippen molar-refractivity contribution in [2.45, 2.75) is 38.1 Å². The van der Waals surface area contributed by atoms with Gasteiger partial charge in [0.25, 0.3) is 5.91 Å². The Balaban J connectivity index is 1.38. The molecule has 2 aliphatic rings. The lowest BCUT2D eigenvalue weighted by Gasteiger charge is -2.25. The van der Waals surface area contributed by atoms with Crippen LogP contribution in [0.1, 0.15) is 53.3 Å². The van der Waals surface area contributed by atoms with Crippen LogP contribution >= 0.6 is 0 Å². The van der Waals surface area contributed by atoms with E-state index in [1.807, 2.05) is 17.9 Å². The summed E-state index contributed by atoms with van der Waals surface area (Å²) in [4.78, 5) is 23.5. The van der Waals surface area contributed by atoms with Gasteiger partial charge in [0, 0.05) is 26.7 Å². The lowest BCUT2D eigenvalue weighted by Crippen LogP contribution is -2.29. The number of nitrogens with zero attached hydrogens (tertiary/aromatic N) is 5. The Hall–Kier alpha value is -2.48. The molecule has 3 heterocycles. The summed E-state index contributed by atoms with van der Waals surface area (Å²) in [6, 6.07) is 0. The molecule has 1 aliphatic heterocycles. The van der Waals surface area contributed by atoms with Crippen molar-refractivity contribution in [2.75, 3.05) is 31.1 Å². The van der Waals surface area contributed by atoms with Gasteiger partial charge < -0.3 is 15.5 Å². The predicted octanol–water partition coefficient (Wildman–Crippen LogP) is 1.21. The van der Waals surface area contributed by atoms with Gasteiger partial charge in [-0.25, -0.2) is 9.97 Å². The van der Waals surface area contributed by atoms with Crippen LogP contribution in [0.4, 0.5) is 5.82 Å². The molecule has 27 heavy (non-hydrogen) atoms. The highest BCUT2D eigenvalue weighted by Crippen LogP contribution is 2.37. The largest absolute Gasteiger partial charge is 0.354 e. The minimum Gasteiger partial charge on any atom is -0.354 e. The SMILES string of the molecule is Cn1ncc(C2CCC2)c1CNC(=O)c1cnc(N2CCCNCC2)cn1. The van der Waals surface area contributed by atoms with Crippen molar-refractivity contribution in [3.63, 3.8) is 0 Å². The van der Waals surface area contributed by atoms with E-state index >= 15 is 0 Å². The molecule has 0 unspecified atom stereocenters. The smallest absolute Gasteiger partial charge is 0.271 e. The molecular formula is C19H27N7O. The van der Waals surface area contributed by atoms with Crippen LogP contribution in [0.15, 0.2) is 18.6 Å². The zero-order valence-corrected chi connectivity index (χ0v) is 15.8. The molecule has 8 heteroatoms. The van der Waals surface area contributed by atoms with Crippen molar-refractivity contribution < 1.29 is 4.79 Å². The van der Waals surface area contributed by atoms with Crippen LogP contribution in [0, 0.1) is 0 Å². The number of carbonyl (C=O) groups is 1. The molecular weight excluding hydrogens is 342 g/mol. The summed E-state index contributed by atoms with van der Waals surface area (Å²) in [5.41, 5.74) is 2.69. The number of aryl methyl sites for hydroxylation is 1. The fraction of sp³-hybridized carbons (Fsp3) is 0.579. The van der Waals surface area contributed by atoms with Crippen LogP contribution in [0.5, 0.6) is 0 Å². The van der Waals surface area contributed by atoms with Gasteiger partial charge in [-0.3, -0.25) is 9.48 Å². The predicted molar refractivity (Wildman–Crippen MR) is 103 cm³/mol. The van der Waals surface area contributed by atoms with E-state index in [0.29, 0.717) is 18.2 Å². The topological polar surface area (TPSA) is 88.0 Å².